The van der Waals surface area contributed by atoms with Crippen molar-refractivity contribution in [3.8, 4) is 22.3 Å². The minimum absolute atomic E-state index is 0.0592. The maximum absolute atomic E-state index is 6.40. The predicted molar refractivity (Wildman–Crippen MR) is 229 cm³/mol. The Morgan fingerprint density at radius 2 is 1.16 bits per heavy atom. The van der Waals surface area contributed by atoms with E-state index in [0.717, 1.165) is 34.8 Å². The summed E-state index contributed by atoms with van der Waals surface area (Å²) < 4.78 is 9.09. The molecule has 0 amide bonds. The molecule has 2 heterocycles. The van der Waals surface area contributed by atoms with Crippen molar-refractivity contribution < 1.29 is 4.42 Å². The maximum atomic E-state index is 6.40. The fourth-order valence-corrected chi connectivity index (χ4v) is 13.8. The Labute approximate surface area is 325 Å². The lowest BCUT2D eigenvalue weighted by molar-refractivity contribution is -0.0399. The van der Waals surface area contributed by atoms with Crippen molar-refractivity contribution in [2.45, 2.75) is 43.4 Å². The zero-order chi connectivity index (χ0) is 35.8. The molecule has 1 unspecified atom stereocenters. The van der Waals surface area contributed by atoms with E-state index >= 15 is 0 Å². The summed E-state index contributed by atoms with van der Waals surface area (Å²) in [5, 5.41) is 5.08. The normalized spacial score (nSPS) is 24.0. The smallest absolute Gasteiger partial charge is 0.135 e. The molecule has 5 aliphatic rings. The van der Waals surface area contributed by atoms with Gasteiger partial charge in [0, 0.05) is 42.3 Å². The summed E-state index contributed by atoms with van der Waals surface area (Å²) in [6.45, 7) is 0. The number of furan rings is 1. The highest BCUT2D eigenvalue weighted by Crippen LogP contribution is 2.69. The summed E-state index contributed by atoms with van der Waals surface area (Å²) in [4.78, 5) is 0. The number of benzene rings is 7. The fraction of sp³-hybridized carbons (Fsp3) is 0.208. The van der Waals surface area contributed by atoms with Gasteiger partial charge in [-0.3, -0.25) is 0 Å². The summed E-state index contributed by atoms with van der Waals surface area (Å²) in [6.07, 6.45) is 7.13. The molecule has 5 aliphatic carbocycles. The minimum atomic E-state index is 0.0592. The summed E-state index contributed by atoms with van der Waals surface area (Å²) in [5.41, 5.74) is 14.9. The molecule has 1 nitrogen and oxygen atoms in total. The fourth-order valence-electron chi connectivity index (χ4n) is 12.7. The first kappa shape index (κ1) is 30.8. The molecule has 0 N–H and O–H groups in total. The third kappa shape index (κ3) is 4.24. The van der Waals surface area contributed by atoms with Gasteiger partial charge in [0.1, 0.15) is 11.2 Å². The van der Waals surface area contributed by atoms with Crippen LogP contribution in [0.4, 0.5) is 0 Å². The van der Waals surface area contributed by atoms with Gasteiger partial charge < -0.3 is 4.42 Å². The number of para-hydroxylation sites is 1. The van der Waals surface area contributed by atoms with E-state index < -0.39 is 0 Å². The molecule has 0 aliphatic heterocycles. The largest absolute Gasteiger partial charge is 0.456 e. The van der Waals surface area contributed by atoms with Crippen molar-refractivity contribution in [2.24, 2.45) is 23.7 Å². The Balaban J connectivity index is 0.972. The van der Waals surface area contributed by atoms with Gasteiger partial charge in [-0.15, -0.1) is 11.3 Å². The van der Waals surface area contributed by atoms with E-state index in [2.05, 4.69) is 152 Å². The first-order valence-electron chi connectivity index (χ1n) is 20.4. The molecule has 0 radical (unpaired) electrons. The number of hydrogen-bond acceptors (Lipinski definition) is 2. The first-order chi connectivity index (χ1) is 27.2. The average molecular weight is 725 g/mol. The van der Waals surface area contributed by atoms with Crippen LogP contribution in [0.5, 0.6) is 0 Å². The summed E-state index contributed by atoms with van der Waals surface area (Å²) >= 11 is 1.91. The van der Waals surface area contributed by atoms with E-state index in [1.54, 1.807) is 11.1 Å². The molecule has 9 aromatic rings. The molecule has 2 aromatic heterocycles. The zero-order valence-corrected chi connectivity index (χ0v) is 31.5. The second-order valence-corrected chi connectivity index (χ2v) is 18.3. The second-order valence-electron chi connectivity index (χ2n) is 17.2. The van der Waals surface area contributed by atoms with Gasteiger partial charge in [-0.25, -0.2) is 0 Å². The molecular formula is C53H40OS. The second kappa shape index (κ2) is 11.3. The van der Waals surface area contributed by atoms with Crippen LogP contribution in [0.1, 0.15) is 65.8 Å². The molecule has 4 saturated carbocycles. The third-order valence-corrected chi connectivity index (χ3v) is 15.7. The number of fused-ring (bicyclic) bond motifs is 9. The van der Waals surface area contributed by atoms with Crippen molar-refractivity contribution in [3.63, 3.8) is 0 Å². The van der Waals surface area contributed by atoms with Crippen molar-refractivity contribution >= 4 is 53.4 Å². The van der Waals surface area contributed by atoms with Crippen LogP contribution in [0.15, 0.2) is 156 Å². The Hall–Kier alpha value is -5.44. The minimum Gasteiger partial charge on any atom is -0.456 e. The van der Waals surface area contributed by atoms with E-state index in [9.17, 15) is 0 Å². The van der Waals surface area contributed by atoms with Gasteiger partial charge >= 0.3 is 0 Å². The van der Waals surface area contributed by atoms with Crippen molar-refractivity contribution in [2.75, 3.05) is 0 Å². The van der Waals surface area contributed by atoms with Gasteiger partial charge in [0.15, 0.2) is 0 Å². The van der Waals surface area contributed by atoms with Gasteiger partial charge in [0.25, 0.3) is 0 Å². The van der Waals surface area contributed by atoms with E-state index in [1.807, 2.05) is 11.3 Å². The van der Waals surface area contributed by atoms with Gasteiger partial charge in [0.2, 0.25) is 0 Å². The van der Waals surface area contributed by atoms with Crippen LogP contribution in [-0.4, -0.2) is 0 Å². The van der Waals surface area contributed by atoms with Crippen molar-refractivity contribution in [1.29, 1.82) is 0 Å². The first-order valence-corrected chi connectivity index (χ1v) is 21.2. The molecule has 1 spiro atoms. The third-order valence-electron chi connectivity index (χ3n) is 14.6. The van der Waals surface area contributed by atoms with Crippen molar-refractivity contribution in [1.82, 2.24) is 0 Å². The lowest BCUT2D eigenvalue weighted by atomic mass is 9.43. The molecular weight excluding hydrogens is 685 g/mol. The van der Waals surface area contributed by atoms with E-state index in [-0.39, 0.29) is 11.3 Å². The summed E-state index contributed by atoms with van der Waals surface area (Å²) in [5.74, 6) is 3.49. The SMILES string of the molecule is c1ccc(C(c2ccc3sc4ccc(-c5ccc6c(c5)C5(c7ccccc7-6)C6CC7CC(C6)CC5C7)cc4c3c2)c2cccc3oc4ccccc4c23)cc1. The zero-order valence-electron chi connectivity index (χ0n) is 30.7. The van der Waals surface area contributed by atoms with Gasteiger partial charge in [-0.2, -0.15) is 0 Å². The van der Waals surface area contributed by atoms with Gasteiger partial charge in [-0.05, 0) is 148 Å². The monoisotopic (exact) mass is 724 g/mol. The highest BCUT2D eigenvalue weighted by atomic mass is 32.1. The average Bonchev–Trinajstić information content (AvgIpc) is 3.88. The van der Waals surface area contributed by atoms with Crippen LogP contribution in [0, 0.1) is 23.7 Å². The van der Waals surface area contributed by atoms with Crippen LogP contribution in [0.25, 0.3) is 64.4 Å². The molecule has 4 bridgehead atoms. The Bertz CT molecular complexity index is 2990. The Morgan fingerprint density at radius 3 is 2.02 bits per heavy atom. The maximum Gasteiger partial charge on any atom is 0.135 e. The molecule has 2 heteroatoms. The number of thiophene rings is 1. The molecule has 14 rings (SSSR count). The topological polar surface area (TPSA) is 13.1 Å². The predicted octanol–water partition coefficient (Wildman–Crippen LogP) is 14.5. The highest BCUT2D eigenvalue weighted by molar-refractivity contribution is 7.25. The van der Waals surface area contributed by atoms with Crippen LogP contribution in [0.2, 0.25) is 0 Å². The summed E-state index contributed by atoms with van der Waals surface area (Å²) in [7, 11) is 0. The molecule has 1 atom stereocenters. The van der Waals surface area contributed by atoms with Crippen molar-refractivity contribution in [3.05, 3.63) is 179 Å². The molecule has 7 aromatic carbocycles. The quantitative estimate of drug-likeness (QED) is 0.165. The molecule has 0 saturated heterocycles. The Kier molecular flexibility index (Phi) is 6.34. The highest BCUT2D eigenvalue weighted by Gasteiger charge is 2.61. The van der Waals surface area contributed by atoms with E-state index in [1.165, 1.54) is 102 Å². The Morgan fingerprint density at radius 1 is 0.491 bits per heavy atom. The van der Waals surface area contributed by atoms with Gasteiger partial charge in [-0.1, -0.05) is 109 Å². The van der Waals surface area contributed by atoms with Crippen LogP contribution in [-0.2, 0) is 5.41 Å². The number of hydrogen-bond donors (Lipinski definition) is 0. The van der Waals surface area contributed by atoms with Crippen LogP contribution >= 0.6 is 11.3 Å². The molecule has 4 fully saturated rings. The standard InChI is InChI=1S/C53H40OS/c1-2-9-33(10-3-1)51(42-13-8-16-48-52(42)41-12-5-7-15-47(41)54-48)36-19-22-50-44(29-36)43-28-34(18-21-49(43)55-50)35-17-20-40-39-11-4-6-14-45(39)53(46(40)30-35)37-24-31-23-32(26-37)27-38(53)25-31/h1-22,28-32,37-38,51H,23-27H2. The van der Waals surface area contributed by atoms with E-state index in [4.69, 9.17) is 4.42 Å². The molecule has 264 valence electrons. The summed E-state index contributed by atoms with van der Waals surface area (Å²) in [6, 6.07) is 57.5. The lowest BCUT2D eigenvalue weighted by Crippen LogP contribution is -2.55. The number of rotatable bonds is 4. The molecule has 55 heavy (non-hydrogen) atoms. The lowest BCUT2D eigenvalue weighted by Gasteiger charge is -2.61. The van der Waals surface area contributed by atoms with E-state index in [0.29, 0.717) is 0 Å². The van der Waals surface area contributed by atoms with Gasteiger partial charge in [0.05, 0.1) is 0 Å². The van der Waals surface area contributed by atoms with Crippen LogP contribution in [0.3, 0.4) is 0 Å². The van der Waals surface area contributed by atoms with Crippen LogP contribution < -0.4 is 0 Å².